The molecular formula is C18H15FN2O4. The number of ether oxygens (including phenoxy) is 1. The second kappa shape index (κ2) is 5.84. The van der Waals surface area contributed by atoms with E-state index in [4.69, 9.17) is 9.84 Å². The van der Waals surface area contributed by atoms with Crippen LogP contribution in [0.15, 0.2) is 36.4 Å². The van der Waals surface area contributed by atoms with E-state index in [9.17, 15) is 14.0 Å². The van der Waals surface area contributed by atoms with Gasteiger partial charge in [-0.15, -0.1) is 0 Å². The van der Waals surface area contributed by atoms with Crippen LogP contribution in [0.2, 0.25) is 0 Å². The van der Waals surface area contributed by atoms with Crippen molar-refractivity contribution in [2.45, 2.75) is 6.10 Å². The Morgan fingerprint density at radius 1 is 1.24 bits per heavy atom. The number of hydrogen-bond acceptors (Lipinski definition) is 4. The summed E-state index contributed by atoms with van der Waals surface area (Å²) >= 11 is 0. The lowest BCUT2D eigenvalue weighted by molar-refractivity contribution is 0.112. The number of carbonyl (C=O) groups is 2. The molecular weight excluding hydrogens is 327 g/mol. The maximum atomic E-state index is 13.1. The molecule has 2 heterocycles. The number of halogens is 1. The number of piperidine rings is 1. The number of aromatic nitrogens is 1. The minimum absolute atomic E-state index is 0.0777. The van der Waals surface area contributed by atoms with Crippen LogP contribution in [0.25, 0.3) is 11.3 Å². The van der Waals surface area contributed by atoms with E-state index in [0.29, 0.717) is 42.1 Å². The van der Waals surface area contributed by atoms with Crippen molar-refractivity contribution in [3.63, 3.8) is 0 Å². The Labute approximate surface area is 142 Å². The van der Waals surface area contributed by atoms with Gasteiger partial charge in [0, 0.05) is 42.1 Å². The minimum Gasteiger partial charge on any atom is -0.474 e. The summed E-state index contributed by atoms with van der Waals surface area (Å²) < 4.78 is 19.0. The summed E-state index contributed by atoms with van der Waals surface area (Å²) in [6.45, 7) is 0.922. The van der Waals surface area contributed by atoms with Crippen LogP contribution in [0.5, 0.6) is 5.88 Å². The monoisotopic (exact) mass is 342 g/mol. The Morgan fingerprint density at radius 2 is 1.92 bits per heavy atom. The van der Waals surface area contributed by atoms with E-state index in [1.165, 1.54) is 17.0 Å². The van der Waals surface area contributed by atoms with Gasteiger partial charge in [0.15, 0.2) is 0 Å². The molecule has 3 atom stereocenters. The number of likely N-dealkylation sites (tertiary alicyclic amines) is 1. The zero-order valence-electron chi connectivity index (χ0n) is 13.1. The van der Waals surface area contributed by atoms with Gasteiger partial charge in [-0.2, -0.15) is 0 Å². The lowest BCUT2D eigenvalue weighted by Gasteiger charge is -2.16. The number of aldehydes is 1. The van der Waals surface area contributed by atoms with Gasteiger partial charge >= 0.3 is 6.09 Å². The van der Waals surface area contributed by atoms with E-state index in [1.807, 2.05) is 0 Å². The summed E-state index contributed by atoms with van der Waals surface area (Å²) in [5.41, 5.74) is 1.63. The molecule has 2 aliphatic rings. The minimum atomic E-state index is -0.911. The first-order valence-corrected chi connectivity index (χ1v) is 7.93. The van der Waals surface area contributed by atoms with Crippen molar-refractivity contribution in [2.24, 2.45) is 11.8 Å². The Hall–Kier alpha value is -2.96. The summed E-state index contributed by atoms with van der Waals surface area (Å²) in [5, 5.41) is 8.99. The quantitative estimate of drug-likeness (QED) is 0.864. The highest BCUT2D eigenvalue weighted by Gasteiger charge is 2.59. The maximum Gasteiger partial charge on any atom is 0.407 e. The number of rotatable bonds is 4. The van der Waals surface area contributed by atoms with Crippen LogP contribution < -0.4 is 4.74 Å². The van der Waals surface area contributed by atoms with Crippen molar-refractivity contribution in [1.82, 2.24) is 9.88 Å². The predicted molar refractivity (Wildman–Crippen MR) is 86.0 cm³/mol. The van der Waals surface area contributed by atoms with Gasteiger partial charge in [-0.3, -0.25) is 4.79 Å². The lowest BCUT2D eigenvalue weighted by Crippen LogP contribution is -2.31. The van der Waals surface area contributed by atoms with E-state index >= 15 is 0 Å². The number of benzene rings is 1. The Morgan fingerprint density at radius 3 is 2.52 bits per heavy atom. The molecule has 0 radical (unpaired) electrons. The molecule has 1 N–H and O–H groups in total. The van der Waals surface area contributed by atoms with Gasteiger partial charge in [0.1, 0.15) is 18.2 Å². The zero-order chi connectivity index (χ0) is 17.6. The fourth-order valence-electron chi connectivity index (χ4n) is 3.36. The average Bonchev–Trinajstić information content (AvgIpc) is 3.05. The van der Waals surface area contributed by atoms with Crippen molar-refractivity contribution in [1.29, 1.82) is 0 Å². The molecule has 1 aliphatic carbocycles. The van der Waals surface area contributed by atoms with Crippen LogP contribution in [0.1, 0.15) is 10.4 Å². The van der Waals surface area contributed by atoms with Crippen LogP contribution in [0, 0.1) is 17.7 Å². The van der Waals surface area contributed by atoms with Crippen molar-refractivity contribution < 1.29 is 23.8 Å². The molecule has 1 saturated carbocycles. The topological polar surface area (TPSA) is 79.7 Å². The molecule has 7 heteroatoms. The van der Waals surface area contributed by atoms with E-state index in [0.717, 1.165) is 0 Å². The number of hydrogen-bond donors (Lipinski definition) is 1. The second-order valence-electron chi connectivity index (χ2n) is 6.35. The van der Waals surface area contributed by atoms with Gasteiger partial charge in [-0.25, -0.2) is 14.2 Å². The van der Waals surface area contributed by atoms with E-state index in [2.05, 4.69) is 4.98 Å². The number of amides is 1. The summed E-state index contributed by atoms with van der Waals surface area (Å²) in [7, 11) is 0. The van der Waals surface area contributed by atoms with Gasteiger partial charge in [0.2, 0.25) is 5.88 Å². The van der Waals surface area contributed by atoms with E-state index in [-0.39, 0.29) is 23.8 Å². The SMILES string of the molecule is O=Cc1cc(OC2[C@H]3CN(C(=O)O)C[C@@H]23)nc(-c2ccc(F)cc2)c1. The van der Waals surface area contributed by atoms with Crippen LogP contribution in [-0.2, 0) is 0 Å². The van der Waals surface area contributed by atoms with E-state index < -0.39 is 6.09 Å². The fourth-order valence-corrected chi connectivity index (χ4v) is 3.36. The summed E-state index contributed by atoms with van der Waals surface area (Å²) in [5.74, 6) is 0.324. The highest BCUT2D eigenvalue weighted by atomic mass is 19.1. The third-order valence-electron chi connectivity index (χ3n) is 4.74. The molecule has 0 spiro atoms. The molecule has 1 aromatic carbocycles. The molecule has 4 rings (SSSR count). The molecule has 1 aromatic heterocycles. The predicted octanol–water partition coefficient (Wildman–Crippen LogP) is 2.69. The average molecular weight is 342 g/mol. The largest absolute Gasteiger partial charge is 0.474 e. The molecule has 6 nitrogen and oxygen atoms in total. The molecule has 25 heavy (non-hydrogen) atoms. The van der Waals surface area contributed by atoms with Gasteiger partial charge < -0.3 is 14.7 Å². The first-order chi connectivity index (χ1) is 12.0. The third kappa shape index (κ3) is 2.93. The summed E-state index contributed by atoms with van der Waals surface area (Å²) in [6, 6.07) is 9.02. The molecule has 0 bridgehead atoms. The summed E-state index contributed by atoms with van der Waals surface area (Å²) in [4.78, 5) is 27.9. The smallest absolute Gasteiger partial charge is 0.407 e. The van der Waals surface area contributed by atoms with Gasteiger partial charge in [-0.1, -0.05) is 0 Å². The number of carbonyl (C=O) groups excluding carboxylic acids is 1. The normalized spacial score (nSPS) is 23.9. The molecule has 1 amide bonds. The molecule has 1 aliphatic heterocycles. The lowest BCUT2D eigenvalue weighted by atomic mass is 10.1. The number of pyridine rings is 1. The second-order valence-corrected chi connectivity index (χ2v) is 6.35. The molecule has 2 fully saturated rings. The first kappa shape index (κ1) is 15.6. The molecule has 1 unspecified atom stereocenters. The maximum absolute atomic E-state index is 13.1. The standard InChI is InChI=1S/C18H15FN2O4/c19-12-3-1-11(2-4-12)15-5-10(9-22)6-16(20-15)25-17-13-7-21(18(23)24)8-14(13)17/h1-6,9,13-14,17H,7-8H2,(H,23,24)/t13-,14+,17?. The molecule has 1 saturated heterocycles. The van der Waals surface area contributed by atoms with E-state index in [1.54, 1.807) is 24.3 Å². The van der Waals surface area contributed by atoms with Crippen LogP contribution in [-0.4, -0.2) is 46.6 Å². The van der Waals surface area contributed by atoms with Crippen molar-refractivity contribution >= 4 is 12.4 Å². The Kier molecular flexibility index (Phi) is 3.63. The number of nitrogens with zero attached hydrogens (tertiary/aromatic N) is 2. The number of fused-ring (bicyclic) bond motifs is 1. The van der Waals surface area contributed by atoms with Crippen LogP contribution >= 0.6 is 0 Å². The molecule has 2 aromatic rings. The first-order valence-electron chi connectivity index (χ1n) is 7.93. The number of carboxylic acid groups (broad SMARTS) is 1. The summed E-state index contributed by atoms with van der Waals surface area (Å²) in [6.07, 6.45) is -0.279. The van der Waals surface area contributed by atoms with Crippen molar-refractivity contribution in [3.05, 3.63) is 47.8 Å². The Balaban J connectivity index is 1.53. The van der Waals surface area contributed by atoms with Crippen molar-refractivity contribution in [3.8, 4) is 17.1 Å². The fraction of sp³-hybridized carbons (Fsp3) is 0.278. The third-order valence-corrected chi connectivity index (χ3v) is 4.74. The van der Waals surface area contributed by atoms with Crippen LogP contribution in [0.3, 0.4) is 0 Å². The van der Waals surface area contributed by atoms with Gasteiger partial charge in [-0.05, 0) is 30.3 Å². The van der Waals surface area contributed by atoms with Crippen LogP contribution in [0.4, 0.5) is 9.18 Å². The van der Waals surface area contributed by atoms with Gasteiger partial charge in [0.05, 0.1) is 5.69 Å². The highest BCUT2D eigenvalue weighted by Crippen LogP contribution is 2.47. The van der Waals surface area contributed by atoms with Crippen molar-refractivity contribution in [2.75, 3.05) is 13.1 Å². The molecule has 128 valence electrons. The zero-order valence-corrected chi connectivity index (χ0v) is 13.1. The highest BCUT2D eigenvalue weighted by molar-refractivity contribution is 5.78. The van der Waals surface area contributed by atoms with Gasteiger partial charge in [0.25, 0.3) is 0 Å². The Bertz CT molecular complexity index is 827.